The Morgan fingerprint density at radius 2 is 1.29 bits per heavy atom. The average Bonchev–Trinajstić information content (AvgIpc) is 2.62. The minimum absolute atomic E-state index is 0.309. The summed E-state index contributed by atoms with van der Waals surface area (Å²) >= 11 is 0. The first-order valence-corrected chi connectivity index (χ1v) is 7.92. The second-order valence-electron chi connectivity index (χ2n) is 5.87. The van der Waals surface area contributed by atoms with Gasteiger partial charge in [0, 0.05) is 10.9 Å². The SMILES string of the molecule is Cc1ccc(-c2c(-c3ccccc3)c3ccccc3oc2=O)cc1. The van der Waals surface area contributed by atoms with Crippen molar-refractivity contribution < 1.29 is 4.42 Å². The largest absolute Gasteiger partial charge is 0.422 e. The van der Waals surface area contributed by atoms with Crippen molar-refractivity contribution in [1.29, 1.82) is 0 Å². The number of hydrogen-bond acceptors (Lipinski definition) is 2. The predicted octanol–water partition coefficient (Wildman–Crippen LogP) is 5.44. The van der Waals surface area contributed by atoms with Crippen molar-refractivity contribution in [2.24, 2.45) is 0 Å². The van der Waals surface area contributed by atoms with Gasteiger partial charge >= 0.3 is 5.63 Å². The van der Waals surface area contributed by atoms with Gasteiger partial charge in [-0.2, -0.15) is 0 Å². The summed E-state index contributed by atoms with van der Waals surface area (Å²) in [5, 5.41) is 0.943. The Bertz CT molecular complexity index is 1060. The van der Waals surface area contributed by atoms with Crippen LogP contribution in [0.1, 0.15) is 5.56 Å². The molecule has 4 rings (SSSR count). The summed E-state index contributed by atoms with van der Waals surface area (Å²) in [6.07, 6.45) is 0. The van der Waals surface area contributed by atoms with Crippen molar-refractivity contribution in [3.8, 4) is 22.3 Å². The van der Waals surface area contributed by atoms with Crippen LogP contribution >= 0.6 is 0 Å². The molecule has 0 saturated heterocycles. The maximum atomic E-state index is 12.7. The Labute approximate surface area is 140 Å². The van der Waals surface area contributed by atoms with Gasteiger partial charge in [-0.1, -0.05) is 78.4 Å². The Kier molecular flexibility index (Phi) is 3.51. The predicted molar refractivity (Wildman–Crippen MR) is 98.1 cm³/mol. The van der Waals surface area contributed by atoms with Gasteiger partial charge in [-0.3, -0.25) is 0 Å². The maximum Gasteiger partial charge on any atom is 0.344 e. The van der Waals surface area contributed by atoms with Crippen LogP contribution in [0.4, 0.5) is 0 Å². The van der Waals surface area contributed by atoms with Crippen LogP contribution in [0.3, 0.4) is 0 Å². The first kappa shape index (κ1) is 14.5. The lowest BCUT2D eigenvalue weighted by molar-refractivity contribution is 0.564. The molecule has 0 spiro atoms. The van der Waals surface area contributed by atoms with Gasteiger partial charge in [-0.15, -0.1) is 0 Å². The van der Waals surface area contributed by atoms with Crippen molar-refractivity contribution in [2.75, 3.05) is 0 Å². The Morgan fingerprint density at radius 3 is 2.04 bits per heavy atom. The molecule has 1 heterocycles. The molecular weight excluding hydrogens is 296 g/mol. The van der Waals surface area contributed by atoms with Crippen molar-refractivity contribution in [3.63, 3.8) is 0 Å². The molecule has 4 aromatic rings. The molecule has 3 aromatic carbocycles. The molecule has 1 aromatic heterocycles. The summed E-state index contributed by atoms with van der Waals surface area (Å²) in [4.78, 5) is 12.7. The first-order chi connectivity index (χ1) is 11.7. The van der Waals surface area contributed by atoms with Crippen molar-refractivity contribution in [1.82, 2.24) is 0 Å². The molecule has 0 amide bonds. The highest BCUT2D eigenvalue weighted by Crippen LogP contribution is 2.35. The zero-order chi connectivity index (χ0) is 16.5. The highest BCUT2D eigenvalue weighted by molar-refractivity contribution is 6.01. The van der Waals surface area contributed by atoms with E-state index >= 15 is 0 Å². The van der Waals surface area contributed by atoms with Gasteiger partial charge < -0.3 is 4.42 Å². The van der Waals surface area contributed by atoms with Crippen LogP contribution in [0.25, 0.3) is 33.2 Å². The fourth-order valence-electron chi connectivity index (χ4n) is 3.04. The van der Waals surface area contributed by atoms with E-state index in [1.54, 1.807) is 0 Å². The molecule has 0 unspecified atom stereocenters. The minimum Gasteiger partial charge on any atom is -0.422 e. The molecule has 0 radical (unpaired) electrons. The lowest BCUT2D eigenvalue weighted by Crippen LogP contribution is -2.06. The molecule has 0 saturated carbocycles. The summed E-state index contributed by atoms with van der Waals surface area (Å²) in [6, 6.07) is 25.7. The molecule has 0 aliphatic carbocycles. The van der Waals surface area contributed by atoms with Crippen LogP contribution in [0.5, 0.6) is 0 Å². The van der Waals surface area contributed by atoms with E-state index in [4.69, 9.17) is 4.42 Å². The summed E-state index contributed by atoms with van der Waals surface area (Å²) in [7, 11) is 0. The van der Waals surface area contributed by atoms with E-state index in [2.05, 4.69) is 0 Å². The molecule has 0 aliphatic rings. The Hall–Kier alpha value is -3.13. The van der Waals surface area contributed by atoms with Crippen LogP contribution in [0.15, 0.2) is 88.1 Å². The minimum atomic E-state index is -0.309. The molecule has 0 aliphatic heterocycles. The van der Waals surface area contributed by atoms with E-state index < -0.39 is 0 Å². The van der Waals surface area contributed by atoms with Crippen LogP contribution in [-0.4, -0.2) is 0 Å². The van der Waals surface area contributed by atoms with Gasteiger partial charge in [0.15, 0.2) is 0 Å². The summed E-state index contributed by atoms with van der Waals surface area (Å²) in [6.45, 7) is 2.03. The smallest absolute Gasteiger partial charge is 0.344 e. The normalized spacial score (nSPS) is 10.9. The molecule has 2 heteroatoms. The van der Waals surface area contributed by atoms with Gasteiger partial charge in [0.25, 0.3) is 0 Å². The van der Waals surface area contributed by atoms with E-state index in [1.165, 1.54) is 0 Å². The van der Waals surface area contributed by atoms with Crippen LogP contribution in [0, 0.1) is 6.92 Å². The number of aryl methyl sites for hydroxylation is 1. The van der Waals surface area contributed by atoms with Gasteiger partial charge in [-0.05, 0) is 24.1 Å². The number of para-hydroxylation sites is 1. The maximum absolute atomic E-state index is 12.7. The Morgan fingerprint density at radius 1 is 0.667 bits per heavy atom. The zero-order valence-corrected chi connectivity index (χ0v) is 13.3. The average molecular weight is 312 g/mol. The van der Waals surface area contributed by atoms with Crippen LogP contribution < -0.4 is 5.63 Å². The quantitative estimate of drug-likeness (QED) is 0.462. The van der Waals surface area contributed by atoms with Crippen LogP contribution in [-0.2, 0) is 0 Å². The lowest BCUT2D eigenvalue weighted by Gasteiger charge is -2.12. The van der Waals surface area contributed by atoms with Gasteiger partial charge in [0.1, 0.15) is 5.58 Å². The third-order valence-electron chi connectivity index (χ3n) is 4.22. The van der Waals surface area contributed by atoms with Gasteiger partial charge in [0.05, 0.1) is 5.56 Å². The molecule has 116 valence electrons. The summed E-state index contributed by atoms with van der Waals surface area (Å²) < 4.78 is 5.58. The molecule has 0 N–H and O–H groups in total. The van der Waals surface area contributed by atoms with E-state index in [9.17, 15) is 4.79 Å². The number of benzene rings is 3. The van der Waals surface area contributed by atoms with Crippen molar-refractivity contribution >= 4 is 11.0 Å². The molecular formula is C22H16O2. The van der Waals surface area contributed by atoms with Crippen molar-refractivity contribution in [2.45, 2.75) is 6.92 Å². The van der Waals surface area contributed by atoms with E-state index in [-0.39, 0.29) is 5.63 Å². The monoisotopic (exact) mass is 312 g/mol. The highest BCUT2D eigenvalue weighted by atomic mass is 16.4. The second-order valence-corrected chi connectivity index (χ2v) is 5.87. The second kappa shape index (κ2) is 5.82. The standard InChI is InChI=1S/C22H16O2/c1-15-11-13-17(14-12-15)21-20(16-7-3-2-4-8-16)18-9-5-6-10-19(18)24-22(21)23/h2-14H,1H3. The summed E-state index contributed by atoms with van der Waals surface area (Å²) in [5.41, 5.74) is 4.88. The summed E-state index contributed by atoms with van der Waals surface area (Å²) in [5.74, 6) is 0. The third-order valence-corrected chi connectivity index (χ3v) is 4.22. The number of rotatable bonds is 2. The molecule has 24 heavy (non-hydrogen) atoms. The zero-order valence-electron chi connectivity index (χ0n) is 13.3. The topological polar surface area (TPSA) is 30.2 Å². The number of hydrogen-bond donors (Lipinski definition) is 0. The van der Waals surface area contributed by atoms with E-state index in [1.807, 2.05) is 85.8 Å². The molecule has 2 nitrogen and oxygen atoms in total. The Balaban J connectivity index is 2.14. The van der Waals surface area contributed by atoms with Crippen molar-refractivity contribution in [3.05, 3.63) is 94.8 Å². The fraction of sp³-hybridized carbons (Fsp3) is 0.0455. The van der Waals surface area contributed by atoms with Gasteiger partial charge in [-0.25, -0.2) is 4.79 Å². The first-order valence-electron chi connectivity index (χ1n) is 7.92. The van der Waals surface area contributed by atoms with Gasteiger partial charge in [0.2, 0.25) is 0 Å². The lowest BCUT2D eigenvalue weighted by atomic mass is 9.93. The highest BCUT2D eigenvalue weighted by Gasteiger charge is 2.17. The molecule has 0 fully saturated rings. The van der Waals surface area contributed by atoms with E-state index in [0.717, 1.165) is 27.6 Å². The van der Waals surface area contributed by atoms with Crippen LogP contribution in [0.2, 0.25) is 0 Å². The third kappa shape index (κ3) is 2.42. The van der Waals surface area contributed by atoms with E-state index in [0.29, 0.717) is 11.1 Å². The number of fused-ring (bicyclic) bond motifs is 1. The molecule has 0 atom stereocenters. The fourth-order valence-corrected chi connectivity index (χ4v) is 3.04. The molecule has 0 bridgehead atoms.